The fourth-order valence-electron chi connectivity index (χ4n) is 3.14. The summed E-state index contributed by atoms with van der Waals surface area (Å²) < 4.78 is 7.99. The molecular weight excluding hydrogens is 454 g/mol. The smallest absolute Gasteiger partial charge is 0.240 e. The topological polar surface area (TPSA) is 81.1 Å². The maximum Gasteiger partial charge on any atom is 0.240 e. The van der Waals surface area contributed by atoms with Gasteiger partial charge in [-0.25, -0.2) is 4.68 Å². The Morgan fingerprint density at radius 3 is 2.66 bits per heavy atom. The van der Waals surface area contributed by atoms with Crippen LogP contribution in [0.4, 0.5) is 5.69 Å². The molecule has 0 spiro atoms. The second-order valence-electron chi connectivity index (χ2n) is 6.76. The number of aromatic nitrogens is 3. The SMILES string of the molecule is COc1ccc(C2Nn3c(C)nnc3SC2C(=O)Nc2ccc(C)cc2)cc1Br. The number of aryl methyl sites for hydroxylation is 2. The lowest BCUT2D eigenvalue weighted by Gasteiger charge is -2.33. The fraction of sp³-hybridized carbons (Fsp3) is 0.250. The predicted octanol–water partition coefficient (Wildman–Crippen LogP) is 4.06. The number of nitrogens with one attached hydrogen (secondary N) is 2. The molecule has 29 heavy (non-hydrogen) atoms. The third-order valence-electron chi connectivity index (χ3n) is 4.71. The van der Waals surface area contributed by atoms with E-state index in [2.05, 4.69) is 36.9 Å². The molecule has 2 aromatic carbocycles. The van der Waals surface area contributed by atoms with Gasteiger partial charge in [-0.1, -0.05) is 35.5 Å². The zero-order chi connectivity index (χ0) is 20.5. The normalized spacial score (nSPS) is 17.9. The van der Waals surface area contributed by atoms with Gasteiger partial charge in [0.25, 0.3) is 0 Å². The average Bonchev–Trinajstić information content (AvgIpc) is 3.08. The summed E-state index contributed by atoms with van der Waals surface area (Å²) in [5.41, 5.74) is 6.26. The Labute approximate surface area is 181 Å². The Morgan fingerprint density at radius 2 is 1.97 bits per heavy atom. The number of thioether (sulfide) groups is 1. The van der Waals surface area contributed by atoms with E-state index in [9.17, 15) is 4.79 Å². The van der Waals surface area contributed by atoms with Crippen LogP contribution in [0.2, 0.25) is 0 Å². The van der Waals surface area contributed by atoms with Crippen LogP contribution in [0.3, 0.4) is 0 Å². The van der Waals surface area contributed by atoms with Crippen LogP contribution in [0.1, 0.15) is 23.0 Å². The van der Waals surface area contributed by atoms with Gasteiger partial charge in [-0.05, 0) is 59.6 Å². The summed E-state index contributed by atoms with van der Waals surface area (Å²) in [5.74, 6) is 1.37. The Kier molecular flexibility index (Phi) is 5.51. The largest absolute Gasteiger partial charge is 0.496 e. The zero-order valence-electron chi connectivity index (χ0n) is 16.1. The minimum atomic E-state index is -0.437. The molecule has 0 fully saturated rings. The zero-order valence-corrected chi connectivity index (χ0v) is 18.5. The molecule has 2 atom stereocenters. The molecule has 3 aromatic rings. The Balaban J connectivity index is 1.67. The highest BCUT2D eigenvalue weighted by molar-refractivity contribution is 9.10. The third kappa shape index (κ3) is 3.97. The Bertz CT molecular complexity index is 1050. The molecule has 0 aliphatic carbocycles. The number of fused-ring (bicyclic) bond motifs is 1. The molecule has 4 rings (SSSR count). The highest BCUT2D eigenvalue weighted by atomic mass is 79.9. The molecule has 2 heterocycles. The number of hydrogen-bond donors (Lipinski definition) is 2. The van der Waals surface area contributed by atoms with Crippen LogP contribution < -0.4 is 15.5 Å². The first-order valence-electron chi connectivity index (χ1n) is 9.02. The minimum Gasteiger partial charge on any atom is -0.496 e. The van der Waals surface area contributed by atoms with Crippen molar-refractivity contribution in [2.75, 3.05) is 17.9 Å². The van der Waals surface area contributed by atoms with Gasteiger partial charge in [0.05, 0.1) is 17.6 Å². The molecule has 0 radical (unpaired) electrons. The van der Waals surface area contributed by atoms with Crippen LogP contribution in [0.25, 0.3) is 0 Å². The van der Waals surface area contributed by atoms with Crippen LogP contribution in [0.5, 0.6) is 5.75 Å². The molecule has 0 saturated heterocycles. The van der Waals surface area contributed by atoms with Crippen molar-refractivity contribution in [3.63, 3.8) is 0 Å². The van der Waals surface area contributed by atoms with Crippen molar-refractivity contribution in [2.24, 2.45) is 0 Å². The van der Waals surface area contributed by atoms with Crippen LogP contribution >= 0.6 is 27.7 Å². The van der Waals surface area contributed by atoms with E-state index in [1.807, 2.05) is 61.0 Å². The summed E-state index contributed by atoms with van der Waals surface area (Å²) in [7, 11) is 1.62. The number of benzene rings is 2. The van der Waals surface area contributed by atoms with E-state index in [0.29, 0.717) is 5.16 Å². The molecule has 150 valence electrons. The Morgan fingerprint density at radius 1 is 1.21 bits per heavy atom. The number of amides is 1. The molecule has 7 nitrogen and oxygen atoms in total. The number of hydrogen-bond acceptors (Lipinski definition) is 6. The van der Waals surface area contributed by atoms with Gasteiger partial charge in [-0.2, -0.15) is 0 Å². The number of anilines is 1. The summed E-state index contributed by atoms with van der Waals surface area (Å²) in [6.07, 6.45) is 0. The van der Waals surface area contributed by atoms with Crippen molar-refractivity contribution in [3.8, 4) is 5.75 Å². The highest BCUT2D eigenvalue weighted by Gasteiger charge is 2.37. The average molecular weight is 474 g/mol. The van der Waals surface area contributed by atoms with E-state index in [4.69, 9.17) is 4.74 Å². The van der Waals surface area contributed by atoms with E-state index >= 15 is 0 Å². The van der Waals surface area contributed by atoms with Gasteiger partial charge in [-0.15, -0.1) is 10.2 Å². The quantitative estimate of drug-likeness (QED) is 0.594. The van der Waals surface area contributed by atoms with Gasteiger partial charge in [0, 0.05) is 5.69 Å². The molecule has 1 aliphatic rings. The second kappa shape index (κ2) is 8.08. The highest BCUT2D eigenvalue weighted by Crippen LogP contribution is 2.39. The van der Waals surface area contributed by atoms with E-state index in [1.165, 1.54) is 11.8 Å². The standard InChI is InChI=1S/C20H20BrN5O2S/c1-11-4-7-14(8-5-11)22-19(27)18-17(13-6-9-16(28-3)15(21)10-13)25-26-12(2)23-24-20(26)29-18/h4-10,17-18,25H,1-3H3,(H,22,27). The lowest BCUT2D eigenvalue weighted by atomic mass is 10.0. The summed E-state index contributed by atoms with van der Waals surface area (Å²) in [6, 6.07) is 13.3. The first-order chi connectivity index (χ1) is 14.0. The van der Waals surface area contributed by atoms with E-state index < -0.39 is 5.25 Å². The van der Waals surface area contributed by atoms with Crippen molar-refractivity contribution in [3.05, 3.63) is 63.9 Å². The van der Waals surface area contributed by atoms with Gasteiger partial charge in [0.1, 0.15) is 16.8 Å². The third-order valence-corrected chi connectivity index (χ3v) is 6.55. The maximum absolute atomic E-state index is 13.2. The van der Waals surface area contributed by atoms with Crippen molar-refractivity contribution in [1.29, 1.82) is 0 Å². The number of rotatable bonds is 4. The van der Waals surface area contributed by atoms with Gasteiger partial charge < -0.3 is 15.5 Å². The number of ether oxygens (including phenoxy) is 1. The van der Waals surface area contributed by atoms with E-state index in [1.54, 1.807) is 7.11 Å². The van der Waals surface area contributed by atoms with Crippen LogP contribution in [0, 0.1) is 13.8 Å². The summed E-state index contributed by atoms with van der Waals surface area (Å²) in [6.45, 7) is 3.89. The number of carbonyl (C=O) groups is 1. The van der Waals surface area contributed by atoms with Crippen LogP contribution in [0.15, 0.2) is 52.1 Å². The van der Waals surface area contributed by atoms with E-state index in [-0.39, 0.29) is 11.9 Å². The molecule has 2 unspecified atom stereocenters. The Hall–Kier alpha value is -2.52. The minimum absolute atomic E-state index is 0.102. The molecular formula is C20H20BrN5O2S. The van der Waals surface area contributed by atoms with Crippen LogP contribution in [-0.4, -0.2) is 33.1 Å². The molecule has 1 amide bonds. The number of carbonyl (C=O) groups excluding carboxylic acids is 1. The number of nitrogens with zero attached hydrogens (tertiary/aromatic N) is 3. The lowest BCUT2D eigenvalue weighted by molar-refractivity contribution is -0.116. The number of halogens is 1. The summed E-state index contributed by atoms with van der Waals surface area (Å²) in [5, 5.41) is 11.6. The van der Waals surface area contributed by atoms with Gasteiger partial charge >= 0.3 is 0 Å². The van der Waals surface area contributed by atoms with Gasteiger partial charge in [-0.3, -0.25) is 4.79 Å². The van der Waals surface area contributed by atoms with Crippen molar-refractivity contribution in [1.82, 2.24) is 14.9 Å². The lowest BCUT2D eigenvalue weighted by Crippen LogP contribution is -2.41. The van der Waals surface area contributed by atoms with E-state index in [0.717, 1.165) is 32.9 Å². The molecule has 9 heteroatoms. The van der Waals surface area contributed by atoms with Crippen molar-refractivity contribution in [2.45, 2.75) is 30.3 Å². The van der Waals surface area contributed by atoms with Crippen molar-refractivity contribution < 1.29 is 9.53 Å². The van der Waals surface area contributed by atoms with Crippen LogP contribution in [-0.2, 0) is 4.79 Å². The molecule has 1 aromatic heterocycles. The first kappa shape index (κ1) is 19.8. The molecule has 2 N–H and O–H groups in total. The molecule has 0 saturated carbocycles. The molecule has 0 bridgehead atoms. The molecule has 1 aliphatic heterocycles. The maximum atomic E-state index is 13.2. The summed E-state index contributed by atoms with van der Waals surface area (Å²) in [4.78, 5) is 13.2. The summed E-state index contributed by atoms with van der Waals surface area (Å²) >= 11 is 4.93. The van der Waals surface area contributed by atoms with Crippen molar-refractivity contribution >= 4 is 39.3 Å². The predicted molar refractivity (Wildman–Crippen MR) is 117 cm³/mol. The first-order valence-corrected chi connectivity index (χ1v) is 10.7. The van der Waals surface area contributed by atoms with Gasteiger partial charge in [0.15, 0.2) is 0 Å². The monoisotopic (exact) mass is 473 g/mol. The van der Waals surface area contributed by atoms with Gasteiger partial charge in [0.2, 0.25) is 11.1 Å². The fourth-order valence-corrected chi connectivity index (χ4v) is 4.82. The number of methoxy groups -OCH3 is 1. The second-order valence-corrected chi connectivity index (χ2v) is 8.72.